The number of aliphatic hydroxyl groups excluding tert-OH is 1. The molecule has 21 heavy (non-hydrogen) atoms. The van der Waals surface area contributed by atoms with E-state index in [0.717, 1.165) is 27.3 Å². The number of benzene rings is 1. The Labute approximate surface area is 130 Å². The predicted octanol–water partition coefficient (Wildman–Crippen LogP) is 2.88. The van der Waals surface area contributed by atoms with Crippen LogP contribution in [0.2, 0.25) is 0 Å². The molecule has 0 aliphatic heterocycles. The maximum absolute atomic E-state index is 8.87. The lowest BCUT2D eigenvalue weighted by Crippen LogP contribution is -1.98. The van der Waals surface area contributed by atoms with E-state index in [-0.39, 0.29) is 6.61 Å². The fraction of sp³-hybridized carbons (Fsp3) is 0.200. The SMILES string of the molecule is OCCc1cn(Cc2ccc(-c3ccc(Br)cc3)o2)nn1. The van der Waals surface area contributed by atoms with Crippen molar-refractivity contribution in [2.45, 2.75) is 13.0 Å². The van der Waals surface area contributed by atoms with Crippen molar-refractivity contribution >= 4 is 15.9 Å². The maximum Gasteiger partial charge on any atom is 0.134 e. The third kappa shape index (κ3) is 3.40. The molecule has 0 spiro atoms. The first-order chi connectivity index (χ1) is 10.2. The van der Waals surface area contributed by atoms with Gasteiger partial charge in [0, 0.05) is 29.3 Å². The monoisotopic (exact) mass is 347 g/mol. The Kier molecular flexibility index (Phi) is 4.17. The van der Waals surface area contributed by atoms with Crippen LogP contribution in [0, 0.1) is 0 Å². The van der Waals surface area contributed by atoms with Gasteiger partial charge in [0.1, 0.15) is 18.1 Å². The molecule has 6 heteroatoms. The first kappa shape index (κ1) is 14.0. The number of hydrogen-bond donors (Lipinski definition) is 1. The highest BCUT2D eigenvalue weighted by Crippen LogP contribution is 2.24. The largest absolute Gasteiger partial charge is 0.459 e. The van der Waals surface area contributed by atoms with Crippen molar-refractivity contribution in [3.63, 3.8) is 0 Å². The second-order valence-corrected chi connectivity index (χ2v) is 5.57. The van der Waals surface area contributed by atoms with Gasteiger partial charge in [-0.1, -0.05) is 33.3 Å². The van der Waals surface area contributed by atoms with Gasteiger partial charge >= 0.3 is 0 Å². The number of furan rings is 1. The number of aliphatic hydroxyl groups is 1. The Morgan fingerprint density at radius 2 is 1.95 bits per heavy atom. The van der Waals surface area contributed by atoms with E-state index < -0.39 is 0 Å². The average Bonchev–Trinajstić information content (AvgIpc) is 3.11. The van der Waals surface area contributed by atoms with Crippen molar-refractivity contribution in [2.75, 3.05) is 6.61 Å². The first-order valence-electron chi connectivity index (χ1n) is 6.59. The van der Waals surface area contributed by atoms with E-state index in [1.165, 1.54) is 0 Å². The maximum atomic E-state index is 8.87. The van der Waals surface area contributed by atoms with Gasteiger partial charge in [-0.3, -0.25) is 0 Å². The molecule has 0 saturated heterocycles. The molecule has 0 fully saturated rings. The highest BCUT2D eigenvalue weighted by molar-refractivity contribution is 9.10. The van der Waals surface area contributed by atoms with E-state index >= 15 is 0 Å². The lowest BCUT2D eigenvalue weighted by atomic mass is 10.2. The fourth-order valence-corrected chi connectivity index (χ4v) is 2.30. The van der Waals surface area contributed by atoms with E-state index in [0.29, 0.717) is 13.0 Å². The van der Waals surface area contributed by atoms with Crippen LogP contribution in [-0.2, 0) is 13.0 Å². The molecule has 108 valence electrons. The van der Waals surface area contributed by atoms with Crippen molar-refractivity contribution in [3.05, 3.63) is 58.5 Å². The normalized spacial score (nSPS) is 11.0. The Hall–Kier alpha value is -1.92. The highest BCUT2D eigenvalue weighted by Gasteiger charge is 2.07. The van der Waals surface area contributed by atoms with E-state index in [1.807, 2.05) is 42.6 Å². The summed E-state index contributed by atoms with van der Waals surface area (Å²) in [6, 6.07) is 11.9. The van der Waals surface area contributed by atoms with Crippen LogP contribution in [0.5, 0.6) is 0 Å². The Bertz CT molecular complexity index is 719. The van der Waals surface area contributed by atoms with Crippen molar-refractivity contribution < 1.29 is 9.52 Å². The van der Waals surface area contributed by atoms with Crippen LogP contribution in [0.1, 0.15) is 11.5 Å². The Morgan fingerprint density at radius 1 is 1.14 bits per heavy atom. The van der Waals surface area contributed by atoms with Crippen LogP contribution in [0.4, 0.5) is 0 Å². The number of halogens is 1. The zero-order chi connectivity index (χ0) is 14.7. The van der Waals surface area contributed by atoms with Gasteiger partial charge in [-0.25, -0.2) is 4.68 Å². The molecule has 0 radical (unpaired) electrons. The van der Waals surface area contributed by atoms with Gasteiger partial charge in [-0.05, 0) is 24.3 Å². The minimum atomic E-state index is 0.0765. The van der Waals surface area contributed by atoms with Crippen molar-refractivity contribution in [2.24, 2.45) is 0 Å². The van der Waals surface area contributed by atoms with Gasteiger partial charge in [0.2, 0.25) is 0 Å². The van der Waals surface area contributed by atoms with E-state index in [2.05, 4.69) is 26.2 Å². The molecular weight excluding hydrogens is 334 g/mol. The molecule has 5 nitrogen and oxygen atoms in total. The third-order valence-electron chi connectivity index (χ3n) is 3.06. The summed E-state index contributed by atoms with van der Waals surface area (Å²) in [7, 11) is 0. The van der Waals surface area contributed by atoms with Gasteiger partial charge in [-0.15, -0.1) is 5.10 Å². The second kappa shape index (κ2) is 6.24. The van der Waals surface area contributed by atoms with Crippen molar-refractivity contribution in [1.82, 2.24) is 15.0 Å². The molecule has 3 rings (SSSR count). The first-order valence-corrected chi connectivity index (χ1v) is 7.38. The molecule has 0 amide bonds. The Balaban J connectivity index is 1.73. The third-order valence-corrected chi connectivity index (χ3v) is 3.59. The van der Waals surface area contributed by atoms with E-state index in [1.54, 1.807) is 4.68 Å². The number of aromatic nitrogens is 3. The molecule has 2 heterocycles. The minimum Gasteiger partial charge on any atom is -0.459 e. The summed E-state index contributed by atoms with van der Waals surface area (Å²) in [6.45, 7) is 0.599. The van der Waals surface area contributed by atoms with Gasteiger partial charge in [0.05, 0.1) is 5.69 Å². The molecule has 0 unspecified atom stereocenters. The minimum absolute atomic E-state index is 0.0765. The summed E-state index contributed by atoms with van der Waals surface area (Å²) in [6.07, 6.45) is 2.33. The van der Waals surface area contributed by atoms with Crippen LogP contribution in [0.3, 0.4) is 0 Å². The molecule has 0 saturated carbocycles. The molecule has 1 aromatic carbocycles. The number of nitrogens with zero attached hydrogens (tertiary/aromatic N) is 3. The standard InChI is InChI=1S/C15H14BrN3O2/c16-12-3-1-11(2-4-12)15-6-5-14(21-15)10-19-9-13(7-8-20)17-18-19/h1-6,9,20H,7-8,10H2. The molecule has 0 aliphatic carbocycles. The number of hydrogen-bond acceptors (Lipinski definition) is 4. The molecule has 1 N–H and O–H groups in total. The Morgan fingerprint density at radius 3 is 2.71 bits per heavy atom. The summed E-state index contributed by atoms with van der Waals surface area (Å²) in [5.41, 5.74) is 1.81. The average molecular weight is 348 g/mol. The number of rotatable bonds is 5. The molecule has 2 aromatic heterocycles. The summed E-state index contributed by atoms with van der Waals surface area (Å²) in [5.74, 6) is 1.64. The molecular formula is C15H14BrN3O2. The molecule has 3 aromatic rings. The van der Waals surface area contributed by atoms with E-state index in [9.17, 15) is 0 Å². The molecule has 0 aliphatic rings. The topological polar surface area (TPSA) is 64.1 Å². The van der Waals surface area contributed by atoms with Crippen LogP contribution < -0.4 is 0 Å². The molecule has 0 atom stereocenters. The second-order valence-electron chi connectivity index (χ2n) is 4.65. The van der Waals surface area contributed by atoms with Gasteiger partial charge in [0.25, 0.3) is 0 Å². The highest BCUT2D eigenvalue weighted by atomic mass is 79.9. The summed E-state index contributed by atoms with van der Waals surface area (Å²) < 4.78 is 8.57. The van der Waals surface area contributed by atoms with Crippen molar-refractivity contribution in [3.8, 4) is 11.3 Å². The fourth-order valence-electron chi connectivity index (χ4n) is 2.04. The lowest BCUT2D eigenvalue weighted by molar-refractivity contribution is 0.298. The lowest BCUT2D eigenvalue weighted by Gasteiger charge is -1.98. The predicted molar refractivity (Wildman–Crippen MR) is 81.8 cm³/mol. The van der Waals surface area contributed by atoms with Crippen molar-refractivity contribution in [1.29, 1.82) is 0 Å². The quantitative estimate of drug-likeness (QED) is 0.770. The zero-order valence-electron chi connectivity index (χ0n) is 11.2. The molecule has 0 bridgehead atoms. The van der Waals surface area contributed by atoms with Crippen LogP contribution >= 0.6 is 15.9 Å². The van der Waals surface area contributed by atoms with Gasteiger partial charge in [0.15, 0.2) is 0 Å². The van der Waals surface area contributed by atoms with Crippen LogP contribution in [0.15, 0.2) is 51.5 Å². The summed E-state index contributed by atoms with van der Waals surface area (Å²) in [5, 5.41) is 16.9. The van der Waals surface area contributed by atoms with E-state index in [4.69, 9.17) is 9.52 Å². The van der Waals surface area contributed by atoms with Crippen LogP contribution in [-0.4, -0.2) is 26.7 Å². The summed E-state index contributed by atoms with van der Waals surface area (Å²) in [4.78, 5) is 0. The van der Waals surface area contributed by atoms with Crippen LogP contribution in [0.25, 0.3) is 11.3 Å². The summed E-state index contributed by atoms with van der Waals surface area (Å²) >= 11 is 3.42. The van der Waals surface area contributed by atoms with Gasteiger partial charge < -0.3 is 9.52 Å². The zero-order valence-corrected chi connectivity index (χ0v) is 12.8. The van der Waals surface area contributed by atoms with Gasteiger partial charge in [-0.2, -0.15) is 0 Å². The smallest absolute Gasteiger partial charge is 0.134 e.